The van der Waals surface area contributed by atoms with Gasteiger partial charge in [0.15, 0.2) is 17.0 Å². The third kappa shape index (κ3) is 2.54. The number of fused-ring (bicyclic) bond motifs is 2. The van der Waals surface area contributed by atoms with E-state index in [9.17, 15) is 10.2 Å². The summed E-state index contributed by atoms with van der Waals surface area (Å²) in [5, 5.41) is 21.8. The molecule has 4 N–H and O–H groups in total. The SMILES string of the molecule is Nc1ncnc2c1nc(-c1cccc3ccccc13)n2[C@H]1C[C@H](O)[C@@H](CO)O1. The minimum absolute atomic E-state index is 0.259. The van der Waals surface area contributed by atoms with E-state index in [0.717, 1.165) is 16.3 Å². The molecule has 3 atom stereocenters. The van der Waals surface area contributed by atoms with Gasteiger partial charge in [-0.05, 0) is 10.8 Å². The van der Waals surface area contributed by atoms with E-state index < -0.39 is 18.4 Å². The number of nitrogens with zero attached hydrogens (tertiary/aromatic N) is 4. The number of nitrogen functional groups attached to an aromatic ring is 1. The van der Waals surface area contributed by atoms with Crippen LogP contribution in [0.4, 0.5) is 5.82 Å². The number of hydrogen-bond acceptors (Lipinski definition) is 7. The summed E-state index contributed by atoms with van der Waals surface area (Å²) < 4.78 is 7.75. The fourth-order valence-electron chi connectivity index (χ4n) is 3.85. The van der Waals surface area contributed by atoms with Crippen molar-refractivity contribution >= 4 is 27.8 Å². The lowest BCUT2D eigenvalue weighted by atomic mass is 10.0. The Morgan fingerprint density at radius 2 is 1.96 bits per heavy atom. The Morgan fingerprint density at radius 1 is 1.14 bits per heavy atom. The molecule has 5 rings (SSSR count). The van der Waals surface area contributed by atoms with Gasteiger partial charge in [-0.25, -0.2) is 15.0 Å². The number of anilines is 1. The van der Waals surface area contributed by atoms with Crippen LogP contribution in [0.3, 0.4) is 0 Å². The molecule has 2 aromatic carbocycles. The van der Waals surface area contributed by atoms with Gasteiger partial charge in [-0.3, -0.25) is 4.57 Å². The smallest absolute Gasteiger partial charge is 0.168 e. The average molecular weight is 377 g/mol. The molecule has 1 aliphatic rings. The fourth-order valence-corrected chi connectivity index (χ4v) is 3.85. The van der Waals surface area contributed by atoms with E-state index in [4.69, 9.17) is 15.5 Å². The lowest BCUT2D eigenvalue weighted by molar-refractivity contribution is -0.0426. The number of hydrogen-bond donors (Lipinski definition) is 3. The zero-order valence-electron chi connectivity index (χ0n) is 14.9. The second kappa shape index (κ2) is 6.52. The minimum Gasteiger partial charge on any atom is -0.394 e. The summed E-state index contributed by atoms with van der Waals surface area (Å²) in [6.45, 7) is -0.259. The van der Waals surface area contributed by atoms with Crippen LogP contribution in [0.5, 0.6) is 0 Å². The van der Waals surface area contributed by atoms with E-state index in [1.807, 2.05) is 47.0 Å². The van der Waals surface area contributed by atoms with Gasteiger partial charge in [0, 0.05) is 12.0 Å². The Morgan fingerprint density at radius 3 is 2.79 bits per heavy atom. The number of ether oxygens (including phenoxy) is 1. The van der Waals surface area contributed by atoms with Crippen molar-refractivity contribution in [3.8, 4) is 11.4 Å². The molecule has 0 radical (unpaired) electrons. The molecule has 0 bridgehead atoms. The molecule has 0 spiro atoms. The molecule has 8 nitrogen and oxygen atoms in total. The van der Waals surface area contributed by atoms with Gasteiger partial charge < -0.3 is 20.7 Å². The maximum absolute atomic E-state index is 10.2. The summed E-state index contributed by atoms with van der Waals surface area (Å²) in [7, 11) is 0. The summed E-state index contributed by atoms with van der Waals surface area (Å²) in [6.07, 6.45) is -0.245. The molecule has 3 heterocycles. The van der Waals surface area contributed by atoms with Crippen LogP contribution in [0.2, 0.25) is 0 Å². The largest absolute Gasteiger partial charge is 0.394 e. The van der Waals surface area contributed by atoms with Gasteiger partial charge in [0.1, 0.15) is 24.5 Å². The number of aromatic nitrogens is 4. The number of aliphatic hydroxyl groups is 2. The third-order valence-electron chi connectivity index (χ3n) is 5.21. The summed E-state index contributed by atoms with van der Waals surface area (Å²) in [4.78, 5) is 13.2. The highest BCUT2D eigenvalue weighted by Gasteiger charge is 2.37. The van der Waals surface area contributed by atoms with Crippen molar-refractivity contribution in [3.63, 3.8) is 0 Å². The molecule has 1 saturated heterocycles. The molecule has 1 aliphatic heterocycles. The van der Waals surface area contributed by atoms with Crippen LogP contribution >= 0.6 is 0 Å². The van der Waals surface area contributed by atoms with Crippen LogP contribution in [0.15, 0.2) is 48.8 Å². The van der Waals surface area contributed by atoms with Crippen LogP contribution in [0.25, 0.3) is 33.3 Å². The third-order valence-corrected chi connectivity index (χ3v) is 5.21. The maximum atomic E-state index is 10.2. The molecule has 0 amide bonds. The van der Waals surface area contributed by atoms with Gasteiger partial charge in [0.2, 0.25) is 0 Å². The predicted octanol–water partition coefficient (Wildman–Crippen LogP) is 1.87. The Kier molecular flexibility index (Phi) is 3.97. The molecule has 8 heteroatoms. The van der Waals surface area contributed by atoms with Crippen molar-refractivity contribution in [1.29, 1.82) is 0 Å². The fraction of sp³-hybridized carbons (Fsp3) is 0.250. The molecule has 142 valence electrons. The first kappa shape index (κ1) is 17.1. The standard InChI is InChI=1S/C20H19N5O3/c21-18-17-20(23-10-22-18)25(16-8-14(27)15(9-26)28-16)19(24-17)13-7-3-5-11-4-1-2-6-12(11)13/h1-7,10,14-16,26-27H,8-9H2,(H2,21,22,23)/t14-,15+,16+/m0/s1. The van der Waals surface area contributed by atoms with E-state index in [1.165, 1.54) is 6.33 Å². The van der Waals surface area contributed by atoms with Gasteiger partial charge in [-0.15, -0.1) is 0 Å². The minimum atomic E-state index is -0.771. The van der Waals surface area contributed by atoms with Gasteiger partial charge in [0.25, 0.3) is 0 Å². The summed E-state index contributed by atoms with van der Waals surface area (Å²) in [5.74, 6) is 0.914. The highest BCUT2D eigenvalue weighted by atomic mass is 16.5. The average Bonchev–Trinajstić information content (AvgIpc) is 3.28. The van der Waals surface area contributed by atoms with Gasteiger partial charge in [0.05, 0.1) is 12.7 Å². The van der Waals surface area contributed by atoms with Crippen LogP contribution in [0.1, 0.15) is 12.6 Å². The zero-order chi connectivity index (χ0) is 19.3. The molecular formula is C20H19N5O3. The van der Waals surface area contributed by atoms with Gasteiger partial charge >= 0.3 is 0 Å². The van der Waals surface area contributed by atoms with Crippen molar-refractivity contribution in [2.75, 3.05) is 12.3 Å². The van der Waals surface area contributed by atoms with Crippen molar-refractivity contribution in [1.82, 2.24) is 19.5 Å². The quantitative estimate of drug-likeness (QED) is 0.498. The Balaban J connectivity index is 1.78. The number of imidazole rings is 1. The Bertz CT molecular complexity index is 1170. The number of nitrogens with two attached hydrogens (primary N) is 1. The molecule has 0 saturated carbocycles. The first-order chi connectivity index (χ1) is 13.7. The topological polar surface area (TPSA) is 119 Å². The summed E-state index contributed by atoms with van der Waals surface area (Å²) in [6, 6.07) is 14.0. The van der Waals surface area contributed by atoms with Crippen molar-refractivity contribution in [3.05, 3.63) is 48.8 Å². The second-order valence-corrected chi connectivity index (χ2v) is 6.88. The number of benzene rings is 2. The van der Waals surface area contributed by atoms with Gasteiger partial charge in [-0.2, -0.15) is 0 Å². The Labute approximate surface area is 160 Å². The van der Waals surface area contributed by atoms with Crippen LogP contribution < -0.4 is 5.73 Å². The molecular weight excluding hydrogens is 358 g/mol. The molecule has 4 aromatic rings. The highest BCUT2D eigenvalue weighted by molar-refractivity contribution is 5.97. The Hall–Kier alpha value is -3.07. The molecule has 0 aliphatic carbocycles. The summed E-state index contributed by atoms with van der Waals surface area (Å²) in [5.41, 5.74) is 7.97. The summed E-state index contributed by atoms with van der Waals surface area (Å²) >= 11 is 0. The normalized spacial score (nSPS) is 22.3. The number of rotatable bonds is 3. The van der Waals surface area contributed by atoms with Crippen molar-refractivity contribution in [2.45, 2.75) is 24.9 Å². The van der Waals surface area contributed by atoms with Crippen LogP contribution in [-0.4, -0.2) is 48.5 Å². The van der Waals surface area contributed by atoms with Crippen molar-refractivity contribution < 1.29 is 14.9 Å². The van der Waals surface area contributed by atoms with Crippen LogP contribution in [0, 0.1) is 0 Å². The van der Waals surface area contributed by atoms with E-state index in [0.29, 0.717) is 23.4 Å². The first-order valence-electron chi connectivity index (χ1n) is 9.08. The van der Waals surface area contributed by atoms with Gasteiger partial charge in [-0.1, -0.05) is 42.5 Å². The first-order valence-corrected chi connectivity index (χ1v) is 9.08. The molecule has 0 unspecified atom stereocenters. The molecule has 2 aromatic heterocycles. The molecule has 1 fully saturated rings. The molecule has 28 heavy (non-hydrogen) atoms. The van der Waals surface area contributed by atoms with Crippen LogP contribution in [-0.2, 0) is 4.74 Å². The number of aliphatic hydroxyl groups excluding tert-OH is 2. The second-order valence-electron chi connectivity index (χ2n) is 6.88. The van der Waals surface area contributed by atoms with E-state index in [-0.39, 0.29) is 12.4 Å². The lowest BCUT2D eigenvalue weighted by Crippen LogP contribution is -2.24. The predicted molar refractivity (Wildman–Crippen MR) is 104 cm³/mol. The van der Waals surface area contributed by atoms with E-state index in [1.54, 1.807) is 0 Å². The van der Waals surface area contributed by atoms with E-state index >= 15 is 0 Å². The van der Waals surface area contributed by atoms with Crippen molar-refractivity contribution in [2.24, 2.45) is 0 Å². The highest BCUT2D eigenvalue weighted by Crippen LogP contribution is 2.38. The zero-order valence-corrected chi connectivity index (χ0v) is 14.9. The van der Waals surface area contributed by atoms with E-state index in [2.05, 4.69) is 9.97 Å². The maximum Gasteiger partial charge on any atom is 0.168 e. The monoisotopic (exact) mass is 377 g/mol. The lowest BCUT2D eigenvalue weighted by Gasteiger charge is -2.17.